The highest BCUT2D eigenvalue weighted by atomic mass is 32.1. The van der Waals surface area contributed by atoms with Gasteiger partial charge in [-0.3, -0.25) is 9.48 Å². The summed E-state index contributed by atoms with van der Waals surface area (Å²) in [6.07, 6.45) is 5.95. The number of nitrogens with one attached hydrogen (secondary N) is 1. The molecule has 126 valence electrons. The Morgan fingerprint density at radius 3 is 3.08 bits per heavy atom. The van der Waals surface area contributed by atoms with Gasteiger partial charge in [-0.05, 0) is 25.8 Å². The number of aryl methyl sites for hydroxylation is 1. The first-order valence-corrected chi connectivity index (χ1v) is 8.80. The van der Waals surface area contributed by atoms with Crippen molar-refractivity contribution in [2.45, 2.75) is 25.8 Å². The predicted molar refractivity (Wildman–Crippen MR) is 91.7 cm³/mol. The Morgan fingerprint density at radius 2 is 2.29 bits per heavy atom. The van der Waals surface area contributed by atoms with E-state index in [1.165, 1.54) is 0 Å². The second kappa shape index (κ2) is 5.90. The van der Waals surface area contributed by atoms with E-state index in [-0.39, 0.29) is 11.9 Å². The molecular formula is C15H19N7OS. The van der Waals surface area contributed by atoms with Crippen LogP contribution in [0.5, 0.6) is 0 Å². The summed E-state index contributed by atoms with van der Waals surface area (Å²) in [5, 5.41) is 12.6. The number of piperidine rings is 1. The predicted octanol–water partition coefficient (Wildman–Crippen LogP) is 1.50. The van der Waals surface area contributed by atoms with Crippen LogP contribution in [0.3, 0.4) is 0 Å². The van der Waals surface area contributed by atoms with Gasteiger partial charge >= 0.3 is 0 Å². The molecule has 1 amide bonds. The van der Waals surface area contributed by atoms with E-state index in [4.69, 9.17) is 0 Å². The Kier molecular flexibility index (Phi) is 3.72. The molecule has 24 heavy (non-hydrogen) atoms. The van der Waals surface area contributed by atoms with E-state index in [1.807, 2.05) is 28.5 Å². The number of aromatic nitrogens is 5. The van der Waals surface area contributed by atoms with Gasteiger partial charge in [-0.1, -0.05) is 11.3 Å². The summed E-state index contributed by atoms with van der Waals surface area (Å²) < 4.78 is 3.75. The third-order valence-electron chi connectivity index (χ3n) is 4.26. The lowest BCUT2D eigenvalue weighted by atomic mass is 10.1. The van der Waals surface area contributed by atoms with Crippen LogP contribution in [0.25, 0.3) is 4.96 Å². The zero-order chi connectivity index (χ0) is 16.7. The Bertz CT molecular complexity index is 848. The van der Waals surface area contributed by atoms with E-state index >= 15 is 0 Å². The lowest BCUT2D eigenvalue weighted by Crippen LogP contribution is -2.37. The van der Waals surface area contributed by atoms with Gasteiger partial charge in [0.05, 0.1) is 17.9 Å². The number of hydrogen-bond acceptors (Lipinski definition) is 6. The summed E-state index contributed by atoms with van der Waals surface area (Å²) in [4.78, 5) is 19.3. The van der Waals surface area contributed by atoms with E-state index in [1.54, 1.807) is 24.5 Å². The van der Waals surface area contributed by atoms with Crippen LogP contribution >= 0.6 is 11.3 Å². The van der Waals surface area contributed by atoms with E-state index in [9.17, 15) is 4.79 Å². The number of carbonyl (C=O) groups is 1. The maximum absolute atomic E-state index is 11.7. The standard InChI is InChI=1S/C15H19N7OS/c1-10-8-22-14(17-10)24-15(19-22)20-6-3-4-11(9-20)21-7-5-12(18-21)13(23)16-2/h5,7-8,11H,3-4,6,9H2,1-2H3,(H,16,23). The molecule has 0 saturated carbocycles. The van der Waals surface area contributed by atoms with Crippen LogP contribution in [0.1, 0.15) is 35.1 Å². The third kappa shape index (κ3) is 2.64. The second-order valence-corrected chi connectivity index (χ2v) is 6.93. The molecule has 9 heteroatoms. The highest BCUT2D eigenvalue weighted by Crippen LogP contribution is 2.29. The molecule has 0 bridgehead atoms. The maximum atomic E-state index is 11.7. The summed E-state index contributed by atoms with van der Waals surface area (Å²) in [6.45, 7) is 3.79. The fraction of sp³-hybridized carbons (Fsp3) is 0.467. The van der Waals surface area contributed by atoms with E-state index in [2.05, 4.69) is 25.4 Å². The Balaban J connectivity index is 1.53. The van der Waals surface area contributed by atoms with Crippen molar-refractivity contribution in [2.24, 2.45) is 0 Å². The lowest BCUT2D eigenvalue weighted by Gasteiger charge is -2.32. The summed E-state index contributed by atoms with van der Waals surface area (Å²) in [5.41, 5.74) is 1.44. The maximum Gasteiger partial charge on any atom is 0.271 e. The molecule has 8 nitrogen and oxygen atoms in total. The van der Waals surface area contributed by atoms with Crippen LogP contribution in [0, 0.1) is 6.92 Å². The van der Waals surface area contributed by atoms with Gasteiger partial charge in [-0.2, -0.15) is 5.10 Å². The molecule has 0 radical (unpaired) electrons. The van der Waals surface area contributed by atoms with Crippen LogP contribution in [0.4, 0.5) is 5.13 Å². The normalized spacial score (nSPS) is 18.2. The molecule has 3 aromatic rings. The lowest BCUT2D eigenvalue weighted by molar-refractivity contribution is 0.0957. The van der Waals surface area contributed by atoms with Gasteiger partial charge in [0.25, 0.3) is 5.91 Å². The van der Waals surface area contributed by atoms with Gasteiger partial charge in [0.1, 0.15) is 5.69 Å². The first-order valence-electron chi connectivity index (χ1n) is 7.99. The summed E-state index contributed by atoms with van der Waals surface area (Å²) in [5.74, 6) is -0.155. The van der Waals surface area contributed by atoms with Gasteiger partial charge in [-0.15, -0.1) is 5.10 Å². The summed E-state index contributed by atoms with van der Waals surface area (Å²) in [6, 6.07) is 2.01. The molecule has 3 aromatic heterocycles. The summed E-state index contributed by atoms with van der Waals surface area (Å²) in [7, 11) is 1.62. The first kappa shape index (κ1) is 15.1. The Hall–Kier alpha value is -2.42. The highest BCUT2D eigenvalue weighted by molar-refractivity contribution is 7.20. The van der Waals surface area contributed by atoms with Crippen molar-refractivity contribution in [2.75, 3.05) is 25.0 Å². The number of fused-ring (bicyclic) bond motifs is 1. The molecule has 1 atom stereocenters. The molecule has 0 aromatic carbocycles. The monoisotopic (exact) mass is 345 g/mol. The van der Waals surface area contributed by atoms with Crippen molar-refractivity contribution >= 4 is 27.3 Å². The molecule has 1 unspecified atom stereocenters. The summed E-state index contributed by atoms with van der Waals surface area (Å²) >= 11 is 1.61. The number of imidazole rings is 1. The molecule has 0 aliphatic carbocycles. The zero-order valence-corrected chi connectivity index (χ0v) is 14.5. The van der Waals surface area contributed by atoms with Crippen LogP contribution in [0.15, 0.2) is 18.5 Å². The zero-order valence-electron chi connectivity index (χ0n) is 13.6. The largest absolute Gasteiger partial charge is 0.354 e. The molecule has 1 aliphatic rings. The molecule has 1 fully saturated rings. The second-order valence-electron chi connectivity index (χ2n) is 6.00. The van der Waals surface area contributed by atoms with E-state index < -0.39 is 0 Å². The average Bonchev–Trinajstić information content (AvgIpc) is 3.28. The third-order valence-corrected chi connectivity index (χ3v) is 5.25. The van der Waals surface area contributed by atoms with Crippen molar-refractivity contribution in [3.8, 4) is 0 Å². The average molecular weight is 345 g/mol. The topological polar surface area (TPSA) is 80.4 Å². The minimum atomic E-state index is -0.155. The van der Waals surface area contributed by atoms with Crippen LogP contribution in [-0.4, -0.2) is 50.4 Å². The van der Waals surface area contributed by atoms with Gasteiger partial charge in [-0.25, -0.2) is 9.50 Å². The number of anilines is 1. The fourth-order valence-electron chi connectivity index (χ4n) is 3.06. The van der Waals surface area contributed by atoms with Crippen molar-refractivity contribution in [3.05, 3.63) is 29.8 Å². The number of carbonyl (C=O) groups excluding carboxylic acids is 1. The van der Waals surface area contributed by atoms with Crippen molar-refractivity contribution in [3.63, 3.8) is 0 Å². The van der Waals surface area contributed by atoms with Crippen molar-refractivity contribution in [1.29, 1.82) is 0 Å². The smallest absolute Gasteiger partial charge is 0.271 e. The van der Waals surface area contributed by atoms with Crippen LogP contribution in [-0.2, 0) is 0 Å². The van der Waals surface area contributed by atoms with Crippen molar-refractivity contribution < 1.29 is 4.79 Å². The fourth-order valence-corrected chi connectivity index (χ4v) is 4.03. The first-order chi connectivity index (χ1) is 11.6. The van der Waals surface area contributed by atoms with E-state index in [0.29, 0.717) is 5.69 Å². The molecule has 1 N–H and O–H groups in total. The molecular weight excluding hydrogens is 326 g/mol. The number of rotatable bonds is 3. The number of hydrogen-bond donors (Lipinski definition) is 1. The molecule has 4 rings (SSSR count). The molecule has 1 aliphatic heterocycles. The number of amides is 1. The minimum Gasteiger partial charge on any atom is -0.354 e. The van der Waals surface area contributed by atoms with Gasteiger partial charge in [0.15, 0.2) is 0 Å². The molecule has 4 heterocycles. The van der Waals surface area contributed by atoms with Gasteiger partial charge in [0, 0.05) is 26.3 Å². The number of nitrogens with zero attached hydrogens (tertiary/aromatic N) is 6. The quantitative estimate of drug-likeness (QED) is 0.778. The SMILES string of the molecule is CNC(=O)c1ccn(C2CCCN(c3nn4cc(C)nc4s3)C2)n1. The Morgan fingerprint density at radius 1 is 1.42 bits per heavy atom. The van der Waals surface area contributed by atoms with E-state index in [0.717, 1.165) is 41.7 Å². The van der Waals surface area contributed by atoms with Gasteiger partial charge in [0.2, 0.25) is 10.1 Å². The van der Waals surface area contributed by atoms with Crippen LogP contribution < -0.4 is 10.2 Å². The van der Waals surface area contributed by atoms with Crippen LogP contribution in [0.2, 0.25) is 0 Å². The minimum absolute atomic E-state index is 0.155. The molecule has 1 saturated heterocycles. The Labute approximate surface area is 143 Å². The van der Waals surface area contributed by atoms with Gasteiger partial charge < -0.3 is 10.2 Å². The van der Waals surface area contributed by atoms with Crippen molar-refractivity contribution in [1.82, 2.24) is 29.7 Å². The molecule has 0 spiro atoms. The highest BCUT2D eigenvalue weighted by Gasteiger charge is 2.25.